The van der Waals surface area contributed by atoms with Crippen LogP contribution >= 0.6 is 0 Å². The number of benzene rings is 1. The zero-order valence-electron chi connectivity index (χ0n) is 9.04. The molecule has 0 fully saturated rings. The van der Waals surface area contributed by atoms with E-state index in [4.69, 9.17) is 0 Å². The Balaban J connectivity index is 2.27. The Bertz CT molecular complexity index is 621. The van der Waals surface area contributed by atoms with Gasteiger partial charge in [0.25, 0.3) is 0 Å². The molecule has 4 N–H and O–H groups in total. The van der Waals surface area contributed by atoms with Crippen LogP contribution in [-0.2, 0) is 11.3 Å². The smallest absolute Gasteiger partial charge is 0.323 e. The van der Waals surface area contributed by atoms with E-state index >= 15 is 0 Å². The minimum Gasteiger partial charge on any atom is -0.755 e. The molecule has 18 heavy (non-hydrogen) atoms. The van der Waals surface area contributed by atoms with E-state index in [0.29, 0.717) is 16.9 Å². The average molecular weight is 268 g/mol. The van der Waals surface area contributed by atoms with E-state index in [2.05, 4.69) is 14.7 Å². The third kappa shape index (κ3) is 2.86. The number of nitrogens with one attached hydrogen (secondary N) is 3. The van der Waals surface area contributed by atoms with Gasteiger partial charge in [0.05, 0.1) is 5.69 Å². The van der Waals surface area contributed by atoms with Crippen molar-refractivity contribution in [1.29, 1.82) is 0 Å². The standard InChI is InChI=1S/C10H11N3O4S/c14-9(8-5-11-10(15)12-8)6-2-1-3-7(4-6)13-18(16)17/h1-5,9,13-14H,(H,16,17)(H2,11,12,15)/p-1. The number of aliphatic hydroxyl groups excluding tert-OH is 1. The molecule has 0 aliphatic rings. The van der Waals surface area contributed by atoms with Gasteiger partial charge in [-0.3, -0.25) is 4.21 Å². The summed E-state index contributed by atoms with van der Waals surface area (Å²) in [7, 11) is 0. The van der Waals surface area contributed by atoms with Crippen LogP contribution in [0, 0.1) is 0 Å². The molecular weight excluding hydrogens is 258 g/mol. The fourth-order valence-corrected chi connectivity index (χ4v) is 1.86. The van der Waals surface area contributed by atoms with Crippen molar-refractivity contribution in [1.82, 2.24) is 9.97 Å². The Labute approximate surface area is 104 Å². The van der Waals surface area contributed by atoms with Crippen LogP contribution in [0.25, 0.3) is 0 Å². The summed E-state index contributed by atoms with van der Waals surface area (Å²) in [5, 5.41) is 9.99. The number of aromatic nitrogens is 2. The lowest BCUT2D eigenvalue weighted by molar-refractivity contribution is 0.216. The van der Waals surface area contributed by atoms with E-state index in [1.165, 1.54) is 12.3 Å². The fraction of sp³-hybridized carbons (Fsp3) is 0.100. The van der Waals surface area contributed by atoms with Crippen LogP contribution in [-0.4, -0.2) is 23.8 Å². The van der Waals surface area contributed by atoms with Crippen molar-refractivity contribution < 1.29 is 13.9 Å². The molecule has 0 aliphatic heterocycles. The number of H-pyrrole nitrogens is 2. The highest BCUT2D eigenvalue weighted by Crippen LogP contribution is 2.22. The molecule has 1 aromatic heterocycles. The Hall–Kier alpha value is -1.90. The monoisotopic (exact) mass is 268 g/mol. The number of hydrogen-bond acceptors (Lipinski definition) is 4. The van der Waals surface area contributed by atoms with Gasteiger partial charge in [0.1, 0.15) is 6.10 Å². The molecule has 0 radical (unpaired) electrons. The summed E-state index contributed by atoms with van der Waals surface area (Å²) in [4.78, 5) is 15.7. The Morgan fingerprint density at radius 3 is 2.83 bits per heavy atom. The van der Waals surface area contributed by atoms with Gasteiger partial charge in [-0.25, -0.2) is 4.79 Å². The zero-order valence-corrected chi connectivity index (χ0v) is 9.86. The summed E-state index contributed by atoms with van der Waals surface area (Å²) in [6, 6.07) is 6.24. The van der Waals surface area contributed by atoms with E-state index in [0.717, 1.165) is 0 Å². The van der Waals surface area contributed by atoms with E-state index < -0.39 is 23.1 Å². The van der Waals surface area contributed by atoms with E-state index in [1.807, 2.05) is 0 Å². The summed E-state index contributed by atoms with van der Waals surface area (Å²) in [5.74, 6) is 0. The molecule has 2 rings (SSSR count). The van der Waals surface area contributed by atoms with Crippen molar-refractivity contribution in [2.75, 3.05) is 4.72 Å². The maximum absolute atomic E-state index is 10.9. The van der Waals surface area contributed by atoms with Gasteiger partial charge in [-0.2, -0.15) is 0 Å². The second-order valence-corrected chi connectivity index (χ2v) is 4.24. The molecule has 96 valence electrons. The number of rotatable bonds is 4. The highest BCUT2D eigenvalue weighted by Gasteiger charge is 2.12. The molecule has 0 aliphatic carbocycles. The third-order valence-electron chi connectivity index (χ3n) is 2.31. The molecule has 8 heteroatoms. The molecule has 0 amide bonds. The minimum atomic E-state index is -2.42. The first-order valence-electron chi connectivity index (χ1n) is 4.98. The van der Waals surface area contributed by atoms with Crippen molar-refractivity contribution >= 4 is 17.0 Å². The summed E-state index contributed by atoms with van der Waals surface area (Å²) in [6.07, 6.45) is 0.324. The van der Waals surface area contributed by atoms with E-state index in [9.17, 15) is 18.7 Å². The molecule has 1 aromatic carbocycles. The van der Waals surface area contributed by atoms with Crippen LogP contribution in [0.3, 0.4) is 0 Å². The van der Waals surface area contributed by atoms with Gasteiger partial charge in [0.2, 0.25) is 0 Å². The minimum absolute atomic E-state index is 0.306. The fourth-order valence-electron chi connectivity index (χ4n) is 1.54. The summed E-state index contributed by atoms with van der Waals surface area (Å²) in [5.41, 5.74) is 0.679. The van der Waals surface area contributed by atoms with Crippen molar-refractivity contribution in [2.45, 2.75) is 6.10 Å². The van der Waals surface area contributed by atoms with Gasteiger partial charge in [-0.15, -0.1) is 0 Å². The normalized spacial score (nSPS) is 14.1. The lowest BCUT2D eigenvalue weighted by Gasteiger charge is -2.12. The first-order chi connectivity index (χ1) is 8.56. The van der Waals surface area contributed by atoms with Gasteiger partial charge in [0, 0.05) is 23.2 Å². The van der Waals surface area contributed by atoms with Crippen LogP contribution in [0.2, 0.25) is 0 Å². The molecule has 0 saturated carbocycles. The van der Waals surface area contributed by atoms with Gasteiger partial charge < -0.3 is 24.3 Å². The van der Waals surface area contributed by atoms with Gasteiger partial charge in [-0.05, 0) is 17.7 Å². The van der Waals surface area contributed by atoms with Crippen LogP contribution in [0.4, 0.5) is 5.69 Å². The number of hydrogen-bond donors (Lipinski definition) is 4. The lowest BCUT2D eigenvalue weighted by atomic mass is 10.1. The second-order valence-electron chi connectivity index (χ2n) is 3.56. The summed E-state index contributed by atoms with van der Waals surface area (Å²) < 4.78 is 23.2. The van der Waals surface area contributed by atoms with Gasteiger partial charge in [-0.1, -0.05) is 12.1 Å². The van der Waals surface area contributed by atoms with E-state index in [1.54, 1.807) is 18.2 Å². The SMILES string of the molecule is O=c1[nH]cc(C(O)c2cccc(NS(=O)[O-])c2)[nH]1. The molecule has 7 nitrogen and oxygen atoms in total. The van der Waals surface area contributed by atoms with Crippen LogP contribution in [0.1, 0.15) is 17.4 Å². The maximum atomic E-state index is 10.9. The highest BCUT2D eigenvalue weighted by atomic mass is 32.2. The van der Waals surface area contributed by atoms with Crippen LogP contribution < -0.4 is 10.4 Å². The number of aromatic amines is 2. The number of imidazole rings is 1. The first kappa shape index (κ1) is 12.6. The molecule has 0 spiro atoms. The molecule has 1 heterocycles. The number of aliphatic hydroxyl groups is 1. The first-order valence-corrected chi connectivity index (χ1v) is 6.05. The van der Waals surface area contributed by atoms with Crippen molar-refractivity contribution in [3.63, 3.8) is 0 Å². The molecule has 2 atom stereocenters. The quantitative estimate of drug-likeness (QED) is 0.583. The van der Waals surface area contributed by atoms with Crippen molar-refractivity contribution in [2.24, 2.45) is 0 Å². The highest BCUT2D eigenvalue weighted by molar-refractivity contribution is 7.80. The zero-order chi connectivity index (χ0) is 13.1. The van der Waals surface area contributed by atoms with Crippen molar-refractivity contribution in [3.8, 4) is 0 Å². The Kier molecular flexibility index (Phi) is 3.60. The average Bonchev–Trinajstić information content (AvgIpc) is 2.74. The Morgan fingerprint density at radius 1 is 1.44 bits per heavy atom. The molecule has 2 aromatic rings. The predicted octanol–water partition coefficient (Wildman–Crippen LogP) is -0.00930. The van der Waals surface area contributed by atoms with Crippen molar-refractivity contribution in [3.05, 3.63) is 52.2 Å². The largest absolute Gasteiger partial charge is 0.755 e. The second kappa shape index (κ2) is 5.17. The molecule has 0 saturated heterocycles. The predicted molar refractivity (Wildman–Crippen MR) is 64.5 cm³/mol. The topological polar surface area (TPSA) is 121 Å². The Morgan fingerprint density at radius 2 is 2.22 bits per heavy atom. The molecular formula is C10H10N3O4S-. The number of anilines is 1. The maximum Gasteiger partial charge on any atom is 0.323 e. The van der Waals surface area contributed by atoms with Gasteiger partial charge >= 0.3 is 5.69 Å². The molecule has 0 bridgehead atoms. The lowest BCUT2D eigenvalue weighted by Crippen LogP contribution is -2.06. The third-order valence-corrected chi connectivity index (χ3v) is 2.72. The summed E-state index contributed by atoms with van der Waals surface area (Å²) >= 11 is -2.42. The summed E-state index contributed by atoms with van der Waals surface area (Å²) in [6.45, 7) is 0. The molecule has 2 unspecified atom stereocenters. The van der Waals surface area contributed by atoms with Crippen LogP contribution in [0.5, 0.6) is 0 Å². The van der Waals surface area contributed by atoms with Gasteiger partial charge in [0.15, 0.2) is 0 Å². The van der Waals surface area contributed by atoms with E-state index in [-0.39, 0.29) is 0 Å². The van der Waals surface area contributed by atoms with Crippen LogP contribution in [0.15, 0.2) is 35.3 Å².